The fourth-order valence-corrected chi connectivity index (χ4v) is 7.20. The molecule has 1 saturated carbocycles. The summed E-state index contributed by atoms with van der Waals surface area (Å²) in [7, 11) is -1.96. The van der Waals surface area contributed by atoms with E-state index in [1.165, 1.54) is 68.5 Å². The second-order valence-electron chi connectivity index (χ2n) is 10.6. The molecule has 0 radical (unpaired) electrons. The van der Waals surface area contributed by atoms with Crippen molar-refractivity contribution < 1.29 is 22.4 Å². The maximum atomic E-state index is 14.4. The first-order chi connectivity index (χ1) is 19.8. The van der Waals surface area contributed by atoms with Crippen LogP contribution in [0.3, 0.4) is 0 Å². The summed E-state index contributed by atoms with van der Waals surface area (Å²) in [4.78, 5) is 28.9. The summed E-state index contributed by atoms with van der Waals surface area (Å²) in [5.74, 6) is -1.45. The molecule has 1 heterocycles. The number of hydrogen-bond acceptors (Lipinski definition) is 6. The van der Waals surface area contributed by atoms with Crippen LogP contribution in [-0.4, -0.2) is 51.3 Å². The maximum Gasteiger partial charge on any atom is 0.274 e. The summed E-state index contributed by atoms with van der Waals surface area (Å²) in [6, 6.07) is 16.9. The largest absolute Gasteiger partial charge is 0.352 e. The van der Waals surface area contributed by atoms with E-state index in [9.17, 15) is 22.4 Å². The van der Waals surface area contributed by atoms with Gasteiger partial charge in [0, 0.05) is 30.3 Å². The van der Waals surface area contributed by atoms with Crippen molar-refractivity contribution >= 4 is 27.3 Å². The molecule has 1 fully saturated rings. The smallest absolute Gasteiger partial charge is 0.274 e. The molecule has 0 bridgehead atoms. The number of anilines is 1. The number of amides is 2. The molecule has 0 aromatic heterocycles. The number of benzene rings is 3. The monoisotopic (exact) mass is 578 g/mol. The zero-order chi connectivity index (χ0) is 29.0. The van der Waals surface area contributed by atoms with Gasteiger partial charge in [-0.05, 0) is 69.3 Å². The minimum absolute atomic E-state index is 0.00669. The van der Waals surface area contributed by atoms with Crippen LogP contribution in [0.25, 0.3) is 0 Å². The number of nitrogens with zero attached hydrogens (tertiary/aromatic N) is 2. The summed E-state index contributed by atoms with van der Waals surface area (Å²) < 4.78 is 41.7. The Morgan fingerprint density at radius 3 is 2.51 bits per heavy atom. The van der Waals surface area contributed by atoms with Gasteiger partial charge in [-0.3, -0.25) is 9.59 Å². The molecule has 1 aliphatic heterocycles. The highest BCUT2D eigenvalue weighted by Gasteiger charge is 2.36. The predicted octanol–water partition coefficient (Wildman–Crippen LogP) is 4.71. The lowest BCUT2D eigenvalue weighted by atomic mass is 9.94. The molecular formula is C31H35FN4O4S. The molecule has 5 rings (SSSR count). The highest BCUT2D eigenvalue weighted by atomic mass is 32.2. The lowest BCUT2D eigenvalue weighted by Crippen LogP contribution is -2.43. The molecule has 0 spiro atoms. The van der Waals surface area contributed by atoms with E-state index >= 15 is 0 Å². The van der Waals surface area contributed by atoms with Gasteiger partial charge in [0.25, 0.3) is 11.8 Å². The van der Waals surface area contributed by atoms with Crippen molar-refractivity contribution in [2.45, 2.75) is 60.9 Å². The van der Waals surface area contributed by atoms with Crippen molar-refractivity contribution in [3.8, 4) is 0 Å². The standard InChI is InChI=1S/C31H35FN4O4S/c1-35(24-11-3-2-4-12-24)19-9-18-33-30(37)22-16-17-29-27(20-22)36(34-21-23-10-5-7-14-26(23)32)31(38)25-13-6-8-15-28(25)41(29,39)40/h5-8,10,13-17,20,24,34H,2-4,9,11-12,18-19,21H2,1H3,(H,33,37). The molecule has 41 heavy (non-hydrogen) atoms. The molecule has 1 aliphatic carbocycles. The van der Waals surface area contributed by atoms with E-state index in [1.807, 2.05) is 0 Å². The second-order valence-corrected chi connectivity index (χ2v) is 12.5. The number of sulfone groups is 1. The number of nitrogens with one attached hydrogen (secondary N) is 2. The van der Waals surface area contributed by atoms with Crippen molar-refractivity contribution in [1.29, 1.82) is 0 Å². The molecule has 0 unspecified atom stereocenters. The van der Waals surface area contributed by atoms with Gasteiger partial charge in [-0.25, -0.2) is 23.2 Å². The van der Waals surface area contributed by atoms with Gasteiger partial charge in [0.1, 0.15) is 5.82 Å². The molecule has 0 saturated heterocycles. The van der Waals surface area contributed by atoms with E-state index in [0.717, 1.165) is 18.0 Å². The average molecular weight is 579 g/mol. The van der Waals surface area contributed by atoms with Crippen LogP contribution in [0.2, 0.25) is 0 Å². The number of fused-ring (bicyclic) bond motifs is 2. The van der Waals surface area contributed by atoms with Gasteiger partial charge >= 0.3 is 0 Å². The summed E-state index contributed by atoms with van der Waals surface area (Å²) in [6.07, 6.45) is 7.04. The summed E-state index contributed by atoms with van der Waals surface area (Å²) in [5.41, 5.74) is 3.42. The van der Waals surface area contributed by atoms with Crippen LogP contribution in [0.5, 0.6) is 0 Å². The van der Waals surface area contributed by atoms with Crippen molar-refractivity contribution in [2.24, 2.45) is 0 Å². The highest BCUT2D eigenvalue weighted by molar-refractivity contribution is 7.91. The van der Waals surface area contributed by atoms with E-state index in [1.54, 1.807) is 30.3 Å². The number of carbonyl (C=O) groups excluding carboxylic acids is 2. The lowest BCUT2D eigenvalue weighted by Gasteiger charge is -2.31. The Morgan fingerprint density at radius 1 is 1.00 bits per heavy atom. The zero-order valence-electron chi connectivity index (χ0n) is 23.1. The Hall–Kier alpha value is -3.60. The Labute approximate surface area is 240 Å². The van der Waals surface area contributed by atoms with Gasteiger partial charge in [0.2, 0.25) is 9.84 Å². The third kappa shape index (κ3) is 6.19. The van der Waals surface area contributed by atoms with Gasteiger partial charge in [0.05, 0.1) is 21.0 Å². The summed E-state index contributed by atoms with van der Waals surface area (Å²) in [6.45, 7) is 1.25. The second kappa shape index (κ2) is 12.5. The van der Waals surface area contributed by atoms with Crippen molar-refractivity contribution in [2.75, 3.05) is 25.1 Å². The lowest BCUT2D eigenvalue weighted by molar-refractivity contribution is 0.0945. The number of halogens is 1. The van der Waals surface area contributed by atoms with Crippen LogP contribution in [-0.2, 0) is 16.4 Å². The Kier molecular flexibility index (Phi) is 8.82. The molecule has 216 valence electrons. The molecule has 2 amide bonds. The van der Waals surface area contributed by atoms with Crippen LogP contribution in [0, 0.1) is 5.82 Å². The molecule has 10 heteroatoms. The van der Waals surface area contributed by atoms with Crippen molar-refractivity contribution in [3.05, 3.63) is 89.2 Å². The Balaban J connectivity index is 1.38. The van der Waals surface area contributed by atoms with E-state index < -0.39 is 21.6 Å². The van der Waals surface area contributed by atoms with Gasteiger partial charge < -0.3 is 10.2 Å². The van der Waals surface area contributed by atoms with Gasteiger partial charge in [-0.2, -0.15) is 0 Å². The Morgan fingerprint density at radius 2 is 1.73 bits per heavy atom. The van der Waals surface area contributed by atoms with Gasteiger partial charge in [-0.1, -0.05) is 49.6 Å². The molecule has 3 aromatic carbocycles. The van der Waals surface area contributed by atoms with E-state index in [2.05, 4.69) is 22.7 Å². The maximum absolute atomic E-state index is 14.4. The predicted molar refractivity (Wildman–Crippen MR) is 155 cm³/mol. The number of carbonyl (C=O) groups is 2. The normalized spacial score (nSPS) is 16.7. The highest BCUT2D eigenvalue weighted by Crippen LogP contribution is 2.37. The quantitative estimate of drug-likeness (QED) is 0.357. The fourth-order valence-electron chi connectivity index (χ4n) is 5.59. The van der Waals surface area contributed by atoms with Crippen LogP contribution in [0.4, 0.5) is 10.1 Å². The first-order valence-electron chi connectivity index (χ1n) is 14.1. The average Bonchev–Trinajstić information content (AvgIpc) is 3.06. The number of hydrogen-bond donors (Lipinski definition) is 2. The minimum Gasteiger partial charge on any atom is -0.352 e. The molecule has 2 N–H and O–H groups in total. The van der Waals surface area contributed by atoms with Crippen LogP contribution in [0.1, 0.15) is 64.8 Å². The van der Waals surface area contributed by atoms with E-state index in [4.69, 9.17) is 0 Å². The van der Waals surface area contributed by atoms with Crippen LogP contribution >= 0.6 is 0 Å². The number of hydrazine groups is 1. The summed E-state index contributed by atoms with van der Waals surface area (Å²) in [5, 5.41) is 4.02. The van der Waals surface area contributed by atoms with E-state index in [0.29, 0.717) is 18.2 Å². The zero-order valence-corrected chi connectivity index (χ0v) is 23.9. The van der Waals surface area contributed by atoms with Gasteiger partial charge in [0.15, 0.2) is 0 Å². The molecule has 3 aromatic rings. The first-order valence-corrected chi connectivity index (χ1v) is 15.5. The fraction of sp³-hybridized carbons (Fsp3) is 0.355. The molecule has 0 atom stereocenters. The SMILES string of the molecule is CN(CCCNC(=O)c1ccc2c(c1)N(NCc1ccccc1F)C(=O)c1ccccc1S2(=O)=O)C1CCCCC1. The van der Waals surface area contributed by atoms with Crippen LogP contribution in [0.15, 0.2) is 76.5 Å². The molecule has 2 aliphatic rings. The third-order valence-corrected chi connectivity index (χ3v) is 9.78. The van der Waals surface area contributed by atoms with Gasteiger partial charge in [-0.15, -0.1) is 0 Å². The summed E-state index contributed by atoms with van der Waals surface area (Å²) >= 11 is 0. The Bertz CT molecular complexity index is 1540. The van der Waals surface area contributed by atoms with Crippen molar-refractivity contribution in [3.63, 3.8) is 0 Å². The third-order valence-electron chi connectivity index (χ3n) is 7.92. The van der Waals surface area contributed by atoms with Crippen LogP contribution < -0.4 is 15.8 Å². The molecule has 8 nitrogen and oxygen atoms in total. The number of rotatable bonds is 9. The minimum atomic E-state index is -4.09. The topological polar surface area (TPSA) is 98.8 Å². The van der Waals surface area contributed by atoms with E-state index in [-0.39, 0.29) is 39.1 Å². The first kappa shape index (κ1) is 28.9. The van der Waals surface area contributed by atoms with Crippen molar-refractivity contribution in [1.82, 2.24) is 15.6 Å². The molecular weight excluding hydrogens is 543 g/mol.